The van der Waals surface area contributed by atoms with E-state index >= 15 is 0 Å². The SMILES string of the molecule is COc1cc(CN(C)C(=O)c2ccccc2NS(C)(=O)=O)ccc1OCc1ccccc1. The zero-order valence-electron chi connectivity index (χ0n) is 18.2. The standard InChI is InChI=1S/C24H26N2O5S/c1-26(24(27)20-11-7-8-12-21(20)25-32(3,28)29)16-19-13-14-22(23(15-19)30-2)31-17-18-9-5-4-6-10-18/h4-15,25H,16-17H2,1-3H3. The number of amides is 1. The van der Waals surface area contributed by atoms with Crippen molar-refractivity contribution < 1.29 is 22.7 Å². The molecule has 0 aliphatic carbocycles. The van der Waals surface area contributed by atoms with E-state index in [-0.39, 0.29) is 17.2 Å². The molecule has 0 spiro atoms. The number of carbonyl (C=O) groups excluding carboxylic acids is 1. The van der Waals surface area contributed by atoms with Gasteiger partial charge in [-0.15, -0.1) is 0 Å². The fraction of sp³-hybridized carbons (Fsp3) is 0.208. The summed E-state index contributed by atoms with van der Waals surface area (Å²) in [7, 11) is -0.284. The Morgan fingerprint density at radius 2 is 1.62 bits per heavy atom. The Kier molecular flexibility index (Phi) is 7.37. The van der Waals surface area contributed by atoms with Crippen molar-refractivity contribution in [3.63, 3.8) is 0 Å². The molecule has 3 aromatic carbocycles. The van der Waals surface area contributed by atoms with Crippen LogP contribution in [-0.2, 0) is 23.2 Å². The van der Waals surface area contributed by atoms with Crippen LogP contribution in [0.3, 0.4) is 0 Å². The molecule has 0 atom stereocenters. The number of hydrogen-bond acceptors (Lipinski definition) is 5. The van der Waals surface area contributed by atoms with Crippen LogP contribution in [0.4, 0.5) is 5.69 Å². The lowest BCUT2D eigenvalue weighted by Crippen LogP contribution is -2.27. The van der Waals surface area contributed by atoms with Gasteiger partial charge in [0.2, 0.25) is 10.0 Å². The second-order valence-corrected chi connectivity index (χ2v) is 9.09. The van der Waals surface area contributed by atoms with E-state index in [1.807, 2.05) is 48.5 Å². The maximum Gasteiger partial charge on any atom is 0.256 e. The zero-order chi connectivity index (χ0) is 23.1. The van der Waals surface area contributed by atoms with Gasteiger partial charge in [-0.25, -0.2) is 8.42 Å². The summed E-state index contributed by atoms with van der Waals surface area (Å²) in [6.07, 6.45) is 1.05. The topological polar surface area (TPSA) is 84.9 Å². The molecule has 0 saturated carbocycles. The molecule has 0 heterocycles. The molecule has 0 aliphatic rings. The van der Waals surface area contributed by atoms with E-state index in [2.05, 4.69) is 4.72 Å². The third-order valence-electron chi connectivity index (χ3n) is 4.68. The Balaban J connectivity index is 1.72. The lowest BCUT2D eigenvalue weighted by atomic mass is 10.1. The molecule has 8 heteroatoms. The molecule has 0 fully saturated rings. The van der Waals surface area contributed by atoms with Gasteiger partial charge in [-0.05, 0) is 35.4 Å². The van der Waals surface area contributed by atoms with Crippen molar-refractivity contribution in [1.29, 1.82) is 0 Å². The summed E-state index contributed by atoms with van der Waals surface area (Å²) in [5, 5.41) is 0. The Hall–Kier alpha value is -3.52. The van der Waals surface area contributed by atoms with Gasteiger partial charge in [-0.1, -0.05) is 48.5 Å². The van der Waals surface area contributed by atoms with Crippen molar-refractivity contribution in [2.75, 3.05) is 25.1 Å². The van der Waals surface area contributed by atoms with Crippen molar-refractivity contribution in [3.8, 4) is 11.5 Å². The summed E-state index contributed by atoms with van der Waals surface area (Å²) >= 11 is 0. The van der Waals surface area contributed by atoms with Crippen LogP contribution < -0.4 is 14.2 Å². The van der Waals surface area contributed by atoms with E-state index in [9.17, 15) is 13.2 Å². The maximum atomic E-state index is 13.0. The minimum absolute atomic E-state index is 0.245. The van der Waals surface area contributed by atoms with Crippen LogP contribution >= 0.6 is 0 Å². The largest absolute Gasteiger partial charge is 0.493 e. The van der Waals surface area contributed by atoms with Crippen molar-refractivity contribution in [3.05, 3.63) is 89.5 Å². The van der Waals surface area contributed by atoms with Crippen LogP contribution in [0, 0.1) is 0 Å². The molecule has 0 radical (unpaired) electrons. The molecule has 32 heavy (non-hydrogen) atoms. The summed E-state index contributed by atoms with van der Waals surface area (Å²) in [4.78, 5) is 14.5. The molecule has 0 unspecified atom stereocenters. The third-order valence-corrected chi connectivity index (χ3v) is 5.28. The van der Waals surface area contributed by atoms with E-state index in [4.69, 9.17) is 9.47 Å². The molecule has 3 aromatic rings. The number of ether oxygens (including phenoxy) is 2. The van der Waals surface area contributed by atoms with E-state index in [1.165, 1.54) is 4.90 Å². The molecule has 3 rings (SSSR count). The molecule has 7 nitrogen and oxygen atoms in total. The Labute approximate surface area is 188 Å². The van der Waals surface area contributed by atoms with E-state index in [0.29, 0.717) is 24.7 Å². The number of nitrogens with one attached hydrogen (secondary N) is 1. The summed E-state index contributed by atoms with van der Waals surface area (Å²) in [6.45, 7) is 0.723. The smallest absolute Gasteiger partial charge is 0.256 e. The monoisotopic (exact) mass is 454 g/mol. The number of hydrogen-bond donors (Lipinski definition) is 1. The average molecular weight is 455 g/mol. The third kappa shape index (κ3) is 6.24. The van der Waals surface area contributed by atoms with Crippen LogP contribution in [-0.4, -0.2) is 39.6 Å². The first-order valence-corrected chi connectivity index (χ1v) is 11.8. The van der Waals surface area contributed by atoms with Crippen molar-refractivity contribution in [1.82, 2.24) is 4.90 Å². The van der Waals surface area contributed by atoms with Crippen LogP contribution in [0.2, 0.25) is 0 Å². The predicted octanol–water partition coefficient (Wildman–Crippen LogP) is 3.92. The highest BCUT2D eigenvalue weighted by Gasteiger charge is 2.18. The van der Waals surface area contributed by atoms with E-state index in [0.717, 1.165) is 17.4 Å². The first-order valence-electron chi connectivity index (χ1n) is 9.93. The predicted molar refractivity (Wildman–Crippen MR) is 124 cm³/mol. The van der Waals surface area contributed by atoms with Gasteiger partial charge in [0.1, 0.15) is 6.61 Å². The highest BCUT2D eigenvalue weighted by Crippen LogP contribution is 2.29. The minimum Gasteiger partial charge on any atom is -0.493 e. The van der Waals surface area contributed by atoms with Crippen molar-refractivity contribution >= 4 is 21.6 Å². The Bertz CT molecular complexity index is 1180. The normalized spacial score (nSPS) is 11.0. The van der Waals surface area contributed by atoms with Gasteiger partial charge in [-0.2, -0.15) is 0 Å². The molecule has 1 N–H and O–H groups in total. The molecule has 0 aromatic heterocycles. The van der Waals surface area contributed by atoms with Gasteiger partial charge >= 0.3 is 0 Å². The molecule has 0 aliphatic heterocycles. The molecular formula is C24H26N2O5S. The van der Waals surface area contributed by atoms with Crippen molar-refractivity contribution in [2.24, 2.45) is 0 Å². The number of nitrogens with zero attached hydrogens (tertiary/aromatic N) is 1. The maximum absolute atomic E-state index is 13.0. The highest BCUT2D eigenvalue weighted by molar-refractivity contribution is 7.92. The fourth-order valence-electron chi connectivity index (χ4n) is 3.17. The van der Waals surface area contributed by atoms with Gasteiger partial charge < -0.3 is 14.4 Å². The number of rotatable bonds is 9. The number of carbonyl (C=O) groups is 1. The second kappa shape index (κ2) is 10.2. The van der Waals surface area contributed by atoms with Gasteiger partial charge in [0.15, 0.2) is 11.5 Å². The zero-order valence-corrected chi connectivity index (χ0v) is 19.1. The van der Waals surface area contributed by atoms with Crippen molar-refractivity contribution in [2.45, 2.75) is 13.2 Å². The van der Waals surface area contributed by atoms with Crippen LogP contribution in [0.25, 0.3) is 0 Å². The van der Waals surface area contributed by atoms with E-state index < -0.39 is 10.0 Å². The molecule has 168 valence electrons. The average Bonchev–Trinajstić information content (AvgIpc) is 2.77. The number of para-hydroxylation sites is 1. The lowest BCUT2D eigenvalue weighted by molar-refractivity contribution is 0.0786. The summed E-state index contributed by atoms with van der Waals surface area (Å²) in [6, 6.07) is 21.8. The Morgan fingerprint density at radius 3 is 2.31 bits per heavy atom. The number of anilines is 1. The first kappa shape index (κ1) is 23.1. The Morgan fingerprint density at radius 1 is 0.938 bits per heavy atom. The molecular weight excluding hydrogens is 428 g/mol. The summed E-state index contributed by atoms with van der Waals surface area (Å²) in [5.74, 6) is 0.871. The first-order chi connectivity index (χ1) is 15.3. The van der Waals surface area contributed by atoms with Crippen LogP contribution in [0.15, 0.2) is 72.8 Å². The summed E-state index contributed by atoms with van der Waals surface area (Å²) in [5.41, 5.74) is 2.41. The quantitative estimate of drug-likeness (QED) is 0.530. The number of methoxy groups -OCH3 is 1. The number of benzene rings is 3. The van der Waals surface area contributed by atoms with Crippen LogP contribution in [0.1, 0.15) is 21.5 Å². The summed E-state index contributed by atoms with van der Waals surface area (Å²) < 4.78 is 37.0. The molecule has 1 amide bonds. The highest BCUT2D eigenvalue weighted by atomic mass is 32.2. The van der Waals surface area contributed by atoms with Gasteiger partial charge in [0.05, 0.1) is 24.6 Å². The fourth-order valence-corrected chi connectivity index (χ4v) is 3.75. The molecule has 0 saturated heterocycles. The lowest BCUT2D eigenvalue weighted by Gasteiger charge is -2.20. The molecule has 0 bridgehead atoms. The van der Waals surface area contributed by atoms with Gasteiger partial charge in [-0.3, -0.25) is 9.52 Å². The van der Waals surface area contributed by atoms with E-state index in [1.54, 1.807) is 38.4 Å². The number of sulfonamides is 1. The van der Waals surface area contributed by atoms with Gasteiger partial charge in [0.25, 0.3) is 5.91 Å². The van der Waals surface area contributed by atoms with Crippen LogP contribution in [0.5, 0.6) is 11.5 Å². The minimum atomic E-state index is -3.51. The van der Waals surface area contributed by atoms with Gasteiger partial charge in [0, 0.05) is 13.6 Å². The second-order valence-electron chi connectivity index (χ2n) is 7.34.